The van der Waals surface area contributed by atoms with E-state index in [-0.39, 0.29) is 11.3 Å². The van der Waals surface area contributed by atoms with Gasteiger partial charge in [0.1, 0.15) is 0 Å². The predicted octanol–water partition coefficient (Wildman–Crippen LogP) is 2.71. The molecule has 1 heterocycles. The van der Waals surface area contributed by atoms with Crippen molar-refractivity contribution < 1.29 is 8.42 Å². The molecule has 0 unspecified atom stereocenters. The van der Waals surface area contributed by atoms with Crippen LogP contribution < -0.4 is 4.72 Å². The van der Waals surface area contributed by atoms with Crippen LogP contribution in [0.15, 0.2) is 52.1 Å². The number of nitriles is 1. The molecule has 1 aromatic heterocycles. The summed E-state index contributed by atoms with van der Waals surface area (Å²) >= 11 is 3.23. The Bertz CT molecular complexity index is 752. The first-order valence-electron chi connectivity index (χ1n) is 5.61. The minimum Gasteiger partial charge on any atom is -0.278 e. The molecule has 0 radical (unpaired) electrons. The Hall–Kier alpha value is -1.91. The third-order valence-electron chi connectivity index (χ3n) is 2.53. The molecule has 0 fully saturated rings. The Morgan fingerprint density at radius 3 is 2.55 bits per heavy atom. The summed E-state index contributed by atoms with van der Waals surface area (Å²) in [5.41, 5.74) is 1.19. The van der Waals surface area contributed by atoms with Gasteiger partial charge in [-0.25, -0.2) is 8.42 Å². The van der Waals surface area contributed by atoms with Crippen LogP contribution in [0.4, 0.5) is 5.69 Å². The van der Waals surface area contributed by atoms with E-state index < -0.39 is 10.0 Å². The van der Waals surface area contributed by atoms with Gasteiger partial charge >= 0.3 is 0 Å². The van der Waals surface area contributed by atoms with Crippen LogP contribution in [0, 0.1) is 11.3 Å². The summed E-state index contributed by atoms with van der Waals surface area (Å²) in [5, 5.41) is 8.58. The van der Waals surface area contributed by atoms with Crippen molar-refractivity contribution in [1.29, 1.82) is 5.26 Å². The maximum atomic E-state index is 12.2. The first-order chi connectivity index (χ1) is 9.53. The standard InChI is InChI=1S/C13H10BrN3O2S/c14-12-9-16-8-6-13(12)17-20(18,19)11-3-1-10(2-4-11)5-7-15/h1-4,6,8-9H,5H2,(H,16,17). The number of halogens is 1. The fourth-order valence-corrected chi connectivity index (χ4v) is 3.10. The molecular formula is C13H10BrN3O2S. The van der Waals surface area contributed by atoms with Crippen LogP contribution in [0.2, 0.25) is 0 Å². The zero-order chi connectivity index (χ0) is 14.6. The smallest absolute Gasteiger partial charge is 0.261 e. The van der Waals surface area contributed by atoms with E-state index in [0.717, 1.165) is 5.56 Å². The lowest BCUT2D eigenvalue weighted by atomic mass is 10.2. The Morgan fingerprint density at radius 2 is 1.95 bits per heavy atom. The van der Waals surface area contributed by atoms with Gasteiger partial charge in [-0.15, -0.1) is 0 Å². The van der Waals surface area contributed by atoms with Gasteiger partial charge in [0.15, 0.2) is 0 Å². The molecule has 0 amide bonds. The van der Waals surface area contributed by atoms with Crippen molar-refractivity contribution >= 4 is 31.6 Å². The maximum Gasteiger partial charge on any atom is 0.261 e. The first-order valence-corrected chi connectivity index (χ1v) is 7.89. The third-order valence-corrected chi connectivity index (χ3v) is 4.55. The van der Waals surface area contributed by atoms with Crippen molar-refractivity contribution in [2.75, 3.05) is 4.72 Å². The highest BCUT2D eigenvalue weighted by molar-refractivity contribution is 9.10. The second-order valence-electron chi connectivity index (χ2n) is 3.94. The van der Waals surface area contributed by atoms with E-state index in [1.807, 2.05) is 6.07 Å². The number of nitrogens with zero attached hydrogens (tertiary/aromatic N) is 2. The van der Waals surface area contributed by atoms with Crippen molar-refractivity contribution in [3.05, 3.63) is 52.8 Å². The average Bonchev–Trinajstić information content (AvgIpc) is 2.42. The molecule has 0 bridgehead atoms. The van der Waals surface area contributed by atoms with Crippen molar-refractivity contribution in [2.45, 2.75) is 11.3 Å². The fourth-order valence-electron chi connectivity index (χ4n) is 1.54. The van der Waals surface area contributed by atoms with Crippen LogP contribution >= 0.6 is 15.9 Å². The van der Waals surface area contributed by atoms with Crippen LogP contribution in [0.3, 0.4) is 0 Å². The Morgan fingerprint density at radius 1 is 1.25 bits per heavy atom. The lowest BCUT2D eigenvalue weighted by Crippen LogP contribution is -2.13. The van der Waals surface area contributed by atoms with Gasteiger partial charge in [-0.05, 0) is 39.7 Å². The summed E-state index contributed by atoms with van der Waals surface area (Å²) in [6, 6.07) is 9.77. The predicted molar refractivity (Wildman–Crippen MR) is 78.5 cm³/mol. The Balaban J connectivity index is 2.27. The van der Waals surface area contributed by atoms with Crippen LogP contribution in [0.25, 0.3) is 0 Å². The van der Waals surface area contributed by atoms with Crippen molar-refractivity contribution in [1.82, 2.24) is 4.98 Å². The lowest BCUT2D eigenvalue weighted by molar-refractivity contribution is 0.601. The number of aromatic nitrogens is 1. The van der Waals surface area contributed by atoms with Crippen LogP contribution in [0.1, 0.15) is 5.56 Å². The topological polar surface area (TPSA) is 82.8 Å². The Labute approximate surface area is 125 Å². The lowest BCUT2D eigenvalue weighted by Gasteiger charge is -2.09. The van der Waals surface area contributed by atoms with Gasteiger partial charge < -0.3 is 0 Å². The zero-order valence-electron chi connectivity index (χ0n) is 10.2. The fraction of sp³-hybridized carbons (Fsp3) is 0.0769. The Kier molecular flexibility index (Phi) is 4.37. The highest BCUT2D eigenvalue weighted by atomic mass is 79.9. The molecule has 2 rings (SSSR count). The number of benzene rings is 1. The summed E-state index contributed by atoms with van der Waals surface area (Å²) in [6.07, 6.45) is 3.26. The van der Waals surface area contributed by atoms with Crippen LogP contribution in [0.5, 0.6) is 0 Å². The van der Waals surface area contributed by atoms with E-state index in [1.165, 1.54) is 24.5 Å². The average molecular weight is 352 g/mol. The molecule has 2 aromatic rings. The molecule has 102 valence electrons. The minimum absolute atomic E-state index is 0.142. The third kappa shape index (κ3) is 3.35. The molecule has 7 heteroatoms. The number of anilines is 1. The van der Waals surface area contributed by atoms with E-state index in [0.29, 0.717) is 10.2 Å². The summed E-state index contributed by atoms with van der Waals surface area (Å²) in [7, 11) is -3.66. The summed E-state index contributed by atoms with van der Waals surface area (Å²) < 4.78 is 27.4. The molecule has 0 aliphatic rings. The van der Waals surface area contributed by atoms with Gasteiger partial charge in [0.2, 0.25) is 0 Å². The van der Waals surface area contributed by atoms with Gasteiger partial charge in [0, 0.05) is 12.4 Å². The zero-order valence-corrected chi connectivity index (χ0v) is 12.6. The SMILES string of the molecule is N#CCc1ccc(S(=O)(=O)Nc2ccncc2Br)cc1. The maximum absolute atomic E-state index is 12.2. The summed E-state index contributed by atoms with van der Waals surface area (Å²) in [6.45, 7) is 0. The number of hydrogen-bond donors (Lipinski definition) is 1. The summed E-state index contributed by atoms with van der Waals surface area (Å²) in [5.74, 6) is 0. The van der Waals surface area contributed by atoms with Gasteiger partial charge in [-0.3, -0.25) is 9.71 Å². The van der Waals surface area contributed by atoms with E-state index >= 15 is 0 Å². The normalized spacial score (nSPS) is 10.8. The summed E-state index contributed by atoms with van der Waals surface area (Å²) in [4.78, 5) is 4.01. The monoisotopic (exact) mass is 351 g/mol. The molecule has 20 heavy (non-hydrogen) atoms. The molecule has 0 saturated heterocycles. The van der Waals surface area contributed by atoms with E-state index in [9.17, 15) is 8.42 Å². The minimum atomic E-state index is -3.66. The molecule has 0 atom stereocenters. The van der Waals surface area contributed by atoms with Crippen molar-refractivity contribution in [3.63, 3.8) is 0 Å². The molecule has 0 saturated carbocycles. The van der Waals surface area contributed by atoms with Crippen molar-refractivity contribution in [3.8, 4) is 6.07 Å². The van der Waals surface area contributed by atoms with Gasteiger partial charge in [0.05, 0.1) is 27.5 Å². The number of hydrogen-bond acceptors (Lipinski definition) is 4. The molecular weight excluding hydrogens is 342 g/mol. The van der Waals surface area contributed by atoms with Gasteiger partial charge in [-0.2, -0.15) is 5.26 Å². The number of sulfonamides is 1. The number of nitrogens with one attached hydrogen (secondary N) is 1. The molecule has 0 spiro atoms. The second-order valence-corrected chi connectivity index (χ2v) is 6.48. The quantitative estimate of drug-likeness (QED) is 0.917. The number of pyridine rings is 1. The van der Waals surface area contributed by atoms with E-state index in [4.69, 9.17) is 5.26 Å². The number of rotatable bonds is 4. The van der Waals surface area contributed by atoms with Crippen LogP contribution in [-0.4, -0.2) is 13.4 Å². The second kappa shape index (κ2) is 6.03. The molecule has 0 aliphatic heterocycles. The first kappa shape index (κ1) is 14.5. The van der Waals surface area contributed by atoms with Crippen molar-refractivity contribution in [2.24, 2.45) is 0 Å². The molecule has 0 aliphatic carbocycles. The molecule has 1 aromatic carbocycles. The molecule has 1 N–H and O–H groups in total. The van der Waals surface area contributed by atoms with Gasteiger partial charge in [-0.1, -0.05) is 12.1 Å². The van der Waals surface area contributed by atoms with Crippen LogP contribution in [-0.2, 0) is 16.4 Å². The highest BCUT2D eigenvalue weighted by Gasteiger charge is 2.15. The largest absolute Gasteiger partial charge is 0.278 e. The molecule has 5 nitrogen and oxygen atoms in total. The van der Waals surface area contributed by atoms with E-state index in [2.05, 4.69) is 25.6 Å². The van der Waals surface area contributed by atoms with E-state index in [1.54, 1.807) is 18.2 Å². The highest BCUT2D eigenvalue weighted by Crippen LogP contribution is 2.23. The van der Waals surface area contributed by atoms with Gasteiger partial charge in [0.25, 0.3) is 10.0 Å².